The van der Waals surface area contributed by atoms with Gasteiger partial charge in [0.15, 0.2) is 0 Å². The molecule has 0 bridgehead atoms. The average Bonchev–Trinajstić information content (AvgIpc) is 3.14. The molecule has 0 aliphatic carbocycles. The van der Waals surface area contributed by atoms with Crippen molar-refractivity contribution in [1.29, 1.82) is 0 Å². The molecule has 128 valence electrons. The number of amides is 2. The van der Waals surface area contributed by atoms with Crippen molar-refractivity contribution >= 4 is 23.2 Å². The molecule has 2 amide bonds. The summed E-state index contributed by atoms with van der Waals surface area (Å²) >= 11 is 1.36. The number of thiophene rings is 1. The van der Waals surface area contributed by atoms with Crippen molar-refractivity contribution in [3.8, 4) is 0 Å². The highest BCUT2D eigenvalue weighted by atomic mass is 32.1. The highest BCUT2D eigenvalue weighted by Crippen LogP contribution is 2.10. The Morgan fingerprint density at radius 3 is 2.50 bits per heavy atom. The summed E-state index contributed by atoms with van der Waals surface area (Å²) < 4.78 is 0. The maximum atomic E-state index is 12.5. The van der Waals surface area contributed by atoms with Crippen LogP contribution >= 0.6 is 11.3 Å². The standard InChI is InChI=1S/C18H23N3O2S/c1-13(19-2)12-20-17(22)15(11-14-7-4-3-5-8-14)21-18(23)16-9-6-10-24-16/h3-10,13,15,19H,11-12H2,1-2H3,(H,20,22)(H,21,23). The van der Waals surface area contributed by atoms with E-state index in [9.17, 15) is 9.59 Å². The van der Waals surface area contributed by atoms with Gasteiger partial charge < -0.3 is 16.0 Å². The predicted molar refractivity (Wildman–Crippen MR) is 97.3 cm³/mol. The number of benzene rings is 1. The number of rotatable bonds is 8. The Bertz CT molecular complexity index is 644. The first kappa shape index (κ1) is 18.2. The van der Waals surface area contributed by atoms with Crippen LogP contribution in [0.25, 0.3) is 0 Å². The molecule has 0 fully saturated rings. The van der Waals surface area contributed by atoms with E-state index in [0.717, 1.165) is 5.56 Å². The van der Waals surface area contributed by atoms with Crippen molar-refractivity contribution in [1.82, 2.24) is 16.0 Å². The molecule has 1 aromatic carbocycles. The quantitative estimate of drug-likeness (QED) is 0.683. The van der Waals surface area contributed by atoms with Crippen LogP contribution in [0.1, 0.15) is 22.2 Å². The minimum atomic E-state index is -0.606. The molecule has 2 atom stereocenters. The minimum absolute atomic E-state index is 0.166. The van der Waals surface area contributed by atoms with E-state index in [2.05, 4.69) is 16.0 Å². The van der Waals surface area contributed by atoms with E-state index in [-0.39, 0.29) is 17.9 Å². The predicted octanol–water partition coefficient (Wildman–Crippen LogP) is 1.81. The Balaban J connectivity index is 2.05. The molecule has 24 heavy (non-hydrogen) atoms. The van der Waals surface area contributed by atoms with Crippen molar-refractivity contribution < 1.29 is 9.59 Å². The second-order valence-electron chi connectivity index (χ2n) is 5.63. The molecule has 1 heterocycles. The first-order valence-electron chi connectivity index (χ1n) is 7.93. The lowest BCUT2D eigenvalue weighted by Gasteiger charge is -2.20. The molecule has 2 unspecified atom stereocenters. The van der Waals surface area contributed by atoms with E-state index in [1.165, 1.54) is 11.3 Å². The SMILES string of the molecule is CNC(C)CNC(=O)C(Cc1ccccc1)NC(=O)c1cccs1. The van der Waals surface area contributed by atoms with Gasteiger partial charge in [-0.15, -0.1) is 11.3 Å². The van der Waals surface area contributed by atoms with Crippen molar-refractivity contribution in [3.05, 3.63) is 58.3 Å². The van der Waals surface area contributed by atoms with E-state index < -0.39 is 6.04 Å². The van der Waals surface area contributed by atoms with Gasteiger partial charge in [0.2, 0.25) is 5.91 Å². The Morgan fingerprint density at radius 2 is 1.88 bits per heavy atom. The number of carbonyl (C=O) groups excluding carboxylic acids is 2. The molecule has 0 radical (unpaired) electrons. The first-order valence-corrected chi connectivity index (χ1v) is 8.81. The summed E-state index contributed by atoms with van der Waals surface area (Å²) in [7, 11) is 1.84. The summed E-state index contributed by atoms with van der Waals surface area (Å²) in [6, 6.07) is 12.8. The van der Waals surface area contributed by atoms with Crippen molar-refractivity contribution in [3.63, 3.8) is 0 Å². The summed E-state index contributed by atoms with van der Waals surface area (Å²) in [6.07, 6.45) is 0.456. The molecular weight excluding hydrogens is 322 g/mol. The molecule has 0 aliphatic rings. The molecule has 2 rings (SSSR count). The van der Waals surface area contributed by atoms with Crippen LogP contribution in [0.3, 0.4) is 0 Å². The number of likely N-dealkylation sites (N-methyl/N-ethyl adjacent to an activating group) is 1. The summed E-state index contributed by atoms with van der Waals surface area (Å²) in [6.45, 7) is 2.49. The highest BCUT2D eigenvalue weighted by Gasteiger charge is 2.22. The third-order valence-corrected chi connectivity index (χ3v) is 4.59. The van der Waals surface area contributed by atoms with Crippen LogP contribution in [0, 0.1) is 0 Å². The molecule has 5 nitrogen and oxygen atoms in total. The molecule has 2 aromatic rings. The fourth-order valence-electron chi connectivity index (χ4n) is 2.18. The van der Waals surface area contributed by atoms with Crippen LogP contribution in [-0.4, -0.2) is 37.5 Å². The minimum Gasteiger partial charge on any atom is -0.353 e. The summed E-state index contributed by atoms with van der Waals surface area (Å²) in [4.78, 5) is 25.4. The third-order valence-electron chi connectivity index (χ3n) is 3.72. The van der Waals surface area contributed by atoms with Crippen LogP contribution in [0.2, 0.25) is 0 Å². The Kier molecular flexibility index (Phi) is 6.96. The molecule has 6 heteroatoms. The zero-order valence-corrected chi connectivity index (χ0v) is 14.7. The van der Waals surface area contributed by atoms with Crippen molar-refractivity contribution in [2.24, 2.45) is 0 Å². The van der Waals surface area contributed by atoms with Gasteiger partial charge in [-0.25, -0.2) is 0 Å². The van der Waals surface area contributed by atoms with E-state index in [1.54, 1.807) is 6.07 Å². The van der Waals surface area contributed by atoms with Gasteiger partial charge >= 0.3 is 0 Å². The molecule has 0 saturated carbocycles. The molecular formula is C18H23N3O2S. The number of hydrogen-bond acceptors (Lipinski definition) is 4. The lowest BCUT2D eigenvalue weighted by atomic mass is 10.0. The second-order valence-corrected chi connectivity index (χ2v) is 6.58. The van der Waals surface area contributed by atoms with Gasteiger partial charge in [0.05, 0.1) is 4.88 Å². The van der Waals surface area contributed by atoms with Crippen LogP contribution in [0.5, 0.6) is 0 Å². The fourth-order valence-corrected chi connectivity index (χ4v) is 2.80. The van der Waals surface area contributed by atoms with Gasteiger partial charge in [-0.05, 0) is 31.0 Å². The third kappa shape index (κ3) is 5.47. The summed E-state index contributed by atoms with van der Waals surface area (Å²) in [5.74, 6) is -0.395. The molecule has 1 aromatic heterocycles. The van der Waals surface area contributed by atoms with E-state index in [1.807, 2.05) is 55.7 Å². The summed E-state index contributed by atoms with van der Waals surface area (Å²) in [5, 5.41) is 10.7. The zero-order chi connectivity index (χ0) is 17.4. The van der Waals surface area contributed by atoms with Gasteiger partial charge in [-0.1, -0.05) is 36.4 Å². The first-order chi connectivity index (χ1) is 11.6. The molecule has 3 N–H and O–H groups in total. The number of hydrogen-bond donors (Lipinski definition) is 3. The number of carbonyl (C=O) groups is 2. The monoisotopic (exact) mass is 345 g/mol. The fraction of sp³-hybridized carbons (Fsp3) is 0.333. The maximum Gasteiger partial charge on any atom is 0.262 e. The van der Waals surface area contributed by atoms with Crippen LogP contribution in [0.4, 0.5) is 0 Å². The molecule has 0 spiro atoms. The van der Waals surface area contributed by atoms with Gasteiger partial charge in [0, 0.05) is 19.0 Å². The van der Waals surface area contributed by atoms with Gasteiger partial charge in [-0.3, -0.25) is 9.59 Å². The van der Waals surface area contributed by atoms with Crippen molar-refractivity contribution in [2.75, 3.05) is 13.6 Å². The van der Waals surface area contributed by atoms with Crippen LogP contribution in [0.15, 0.2) is 47.8 Å². The van der Waals surface area contributed by atoms with E-state index in [4.69, 9.17) is 0 Å². The number of nitrogens with one attached hydrogen (secondary N) is 3. The Hall–Kier alpha value is -2.18. The largest absolute Gasteiger partial charge is 0.353 e. The normalized spacial score (nSPS) is 13.1. The highest BCUT2D eigenvalue weighted by molar-refractivity contribution is 7.12. The lowest BCUT2D eigenvalue weighted by Crippen LogP contribution is -2.50. The van der Waals surface area contributed by atoms with Crippen LogP contribution in [-0.2, 0) is 11.2 Å². The Morgan fingerprint density at radius 1 is 1.12 bits per heavy atom. The molecule has 0 saturated heterocycles. The second kappa shape index (κ2) is 9.20. The van der Waals surface area contributed by atoms with Crippen molar-refractivity contribution in [2.45, 2.75) is 25.4 Å². The van der Waals surface area contributed by atoms with Crippen LogP contribution < -0.4 is 16.0 Å². The smallest absolute Gasteiger partial charge is 0.262 e. The molecule has 0 aliphatic heterocycles. The summed E-state index contributed by atoms with van der Waals surface area (Å²) in [5.41, 5.74) is 1.01. The topological polar surface area (TPSA) is 70.2 Å². The van der Waals surface area contributed by atoms with Gasteiger partial charge in [-0.2, -0.15) is 0 Å². The zero-order valence-electron chi connectivity index (χ0n) is 13.9. The maximum absolute atomic E-state index is 12.5. The van der Waals surface area contributed by atoms with Gasteiger partial charge in [0.25, 0.3) is 5.91 Å². The van der Waals surface area contributed by atoms with E-state index >= 15 is 0 Å². The van der Waals surface area contributed by atoms with E-state index in [0.29, 0.717) is 17.8 Å². The van der Waals surface area contributed by atoms with Gasteiger partial charge in [0.1, 0.15) is 6.04 Å². The Labute approximate surface area is 146 Å². The lowest BCUT2D eigenvalue weighted by molar-refractivity contribution is -0.123. The average molecular weight is 345 g/mol.